The molecule has 7 heteroatoms. The molecule has 0 unspecified atom stereocenters. The summed E-state index contributed by atoms with van der Waals surface area (Å²) in [4.78, 5) is 15.1. The maximum atomic E-state index is 12.1. The summed E-state index contributed by atoms with van der Waals surface area (Å²) in [6, 6.07) is 5.26. The van der Waals surface area contributed by atoms with E-state index >= 15 is 0 Å². The molecule has 1 aromatic rings. The number of amides is 1. The molecule has 1 saturated heterocycles. The second kappa shape index (κ2) is 6.21. The van der Waals surface area contributed by atoms with Gasteiger partial charge in [-0.25, -0.2) is 0 Å². The average molecular weight is 287 g/mol. The molecule has 4 nitrogen and oxygen atoms in total. The first-order valence-electron chi connectivity index (χ1n) is 6.48. The molecule has 2 N–H and O–H groups in total. The normalized spacial score (nSPS) is 16.9. The van der Waals surface area contributed by atoms with Gasteiger partial charge in [-0.1, -0.05) is 6.07 Å². The first-order chi connectivity index (χ1) is 9.47. The van der Waals surface area contributed by atoms with Gasteiger partial charge in [0.2, 0.25) is 0 Å². The molecule has 1 aliphatic rings. The minimum Gasteiger partial charge on any atom is -0.343 e. The fourth-order valence-corrected chi connectivity index (χ4v) is 2.21. The number of nitrogens with one attached hydrogen (secondary N) is 2. The number of hydrogen-bond donors (Lipinski definition) is 2. The minimum absolute atomic E-state index is 0.211. The molecule has 2 heterocycles. The van der Waals surface area contributed by atoms with Crippen LogP contribution < -0.4 is 10.6 Å². The van der Waals surface area contributed by atoms with E-state index < -0.39 is 12.1 Å². The predicted molar refractivity (Wildman–Crippen MR) is 67.0 cm³/mol. The number of carbonyl (C=O) groups excluding carboxylic acids is 1. The van der Waals surface area contributed by atoms with Gasteiger partial charge in [-0.2, -0.15) is 13.2 Å². The lowest BCUT2D eigenvalue weighted by molar-refractivity contribution is -0.173. The fraction of sp³-hybridized carbons (Fsp3) is 0.538. The Morgan fingerprint density at radius 2 is 2.05 bits per heavy atom. The maximum absolute atomic E-state index is 12.1. The number of carbonyl (C=O) groups is 1. The molecule has 0 aromatic carbocycles. The van der Waals surface area contributed by atoms with Crippen molar-refractivity contribution >= 4 is 5.91 Å². The van der Waals surface area contributed by atoms with Crippen molar-refractivity contribution in [2.75, 3.05) is 13.1 Å². The van der Waals surface area contributed by atoms with Gasteiger partial charge in [-0.3, -0.25) is 9.78 Å². The van der Waals surface area contributed by atoms with Gasteiger partial charge in [0.25, 0.3) is 0 Å². The predicted octanol–water partition coefficient (Wildman–Crippen LogP) is 1.73. The van der Waals surface area contributed by atoms with E-state index in [9.17, 15) is 18.0 Å². The maximum Gasteiger partial charge on any atom is 0.471 e. The van der Waals surface area contributed by atoms with E-state index in [0.29, 0.717) is 11.6 Å². The van der Waals surface area contributed by atoms with Crippen LogP contribution in [0.3, 0.4) is 0 Å². The summed E-state index contributed by atoms with van der Waals surface area (Å²) in [5.41, 5.74) is 1.32. The van der Waals surface area contributed by atoms with Crippen LogP contribution in [0.4, 0.5) is 13.2 Å². The molecule has 0 bridgehead atoms. The number of nitrogens with zero attached hydrogens (tertiary/aromatic N) is 1. The van der Waals surface area contributed by atoms with Gasteiger partial charge in [0.1, 0.15) is 0 Å². The van der Waals surface area contributed by atoms with Crippen LogP contribution >= 0.6 is 0 Å². The van der Waals surface area contributed by atoms with Crippen LogP contribution in [0.15, 0.2) is 18.2 Å². The van der Waals surface area contributed by atoms with Crippen molar-refractivity contribution in [3.63, 3.8) is 0 Å². The van der Waals surface area contributed by atoms with Crippen molar-refractivity contribution in [3.8, 4) is 0 Å². The van der Waals surface area contributed by atoms with E-state index in [1.54, 1.807) is 12.1 Å². The number of piperidine rings is 1. The van der Waals surface area contributed by atoms with E-state index in [1.165, 1.54) is 0 Å². The average Bonchev–Trinajstić information content (AvgIpc) is 2.45. The van der Waals surface area contributed by atoms with Crippen molar-refractivity contribution in [2.24, 2.45) is 0 Å². The van der Waals surface area contributed by atoms with Crippen LogP contribution in [-0.2, 0) is 11.3 Å². The van der Waals surface area contributed by atoms with Gasteiger partial charge in [-0.15, -0.1) is 0 Å². The highest BCUT2D eigenvalue weighted by molar-refractivity contribution is 5.81. The molecule has 1 fully saturated rings. The van der Waals surface area contributed by atoms with Crippen molar-refractivity contribution in [2.45, 2.75) is 31.5 Å². The molecule has 20 heavy (non-hydrogen) atoms. The molecule has 0 aliphatic carbocycles. The molecule has 0 saturated carbocycles. The number of rotatable bonds is 3. The zero-order chi connectivity index (χ0) is 14.6. The Morgan fingerprint density at radius 3 is 2.70 bits per heavy atom. The van der Waals surface area contributed by atoms with Crippen molar-refractivity contribution in [1.82, 2.24) is 15.6 Å². The van der Waals surface area contributed by atoms with Gasteiger partial charge in [0, 0.05) is 11.6 Å². The Balaban J connectivity index is 1.97. The highest BCUT2D eigenvalue weighted by Crippen LogP contribution is 2.23. The highest BCUT2D eigenvalue weighted by atomic mass is 19.4. The number of alkyl halides is 3. The summed E-state index contributed by atoms with van der Waals surface area (Å²) in [6.07, 6.45) is -2.93. The lowest BCUT2D eigenvalue weighted by Crippen LogP contribution is -2.36. The third-order valence-corrected chi connectivity index (χ3v) is 3.27. The number of hydrogen-bond acceptors (Lipinski definition) is 3. The molecule has 1 amide bonds. The second-order valence-electron chi connectivity index (χ2n) is 4.76. The van der Waals surface area contributed by atoms with Crippen LogP contribution in [0.5, 0.6) is 0 Å². The zero-order valence-corrected chi connectivity index (χ0v) is 10.8. The topological polar surface area (TPSA) is 54.0 Å². The van der Waals surface area contributed by atoms with Crippen LogP contribution in [0.2, 0.25) is 0 Å². The number of halogens is 3. The first kappa shape index (κ1) is 14.8. The molecule has 1 aliphatic heterocycles. The van der Waals surface area contributed by atoms with Gasteiger partial charge in [-0.05, 0) is 38.1 Å². The van der Waals surface area contributed by atoms with Crippen molar-refractivity contribution < 1.29 is 18.0 Å². The lowest BCUT2D eigenvalue weighted by Gasteiger charge is -2.22. The van der Waals surface area contributed by atoms with Gasteiger partial charge < -0.3 is 10.6 Å². The van der Waals surface area contributed by atoms with E-state index in [0.717, 1.165) is 31.6 Å². The van der Waals surface area contributed by atoms with Gasteiger partial charge in [0.05, 0.1) is 12.2 Å². The molecular formula is C13H16F3N3O. The second-order valence-corrected chi connectivity index (χ2v) is 4.76. The molecule has 0 spiro atoms. The van der Waals surface area contributed by atoms with Crippen LogP contribution in [0.25, 0.3) is 0 Å². The SMILES string of the molecule is O=C(NCc1cccc(C2CCNCC2)n1)C(F)(F)F. The van der Waals surface area contributed by atoms with E-state index in [-0.39, 0.29) is 6.54 Å². The Kier molecular flexibility index (Phi) is 4.59. The molecular weight excluding hydrogens is 271 g/mol. The number of pyridine rings is 1. The summed E-state index contributed by atoms with van der Waals surface area (Å²) in [7, 11) is 0. The standard InChI is InChI=1S/C13H16F3N3O/c14-13(15,16)12(20)18-8-10-2-1-3-11(19-10)9-4-6-17-7-5-9/h1-3,9,17H,4-8H2,(H,18,20). The van der Waals surface area contributed by atoms with Crippen LogP contribution in [0, 0.1) is 0 Å². The molecule has 0 radical (unpaired) electrons. The van der Waals surface area contributed by atoms with Crippen molar-refractivity contribution in [3.05, 3.63) is 29.6 Å². The largest absolute Gasteiger partial charge is 0.471 e. The van der Waals surface area contributed by atoms with Gasteiger partial charge in [0.15, 0.2) is 0 Å². The number of aromatic nitrogens is 1. The fourth-order valence-electron chi connectivity index (χ4n) is 2.21. The highest BCUT2D eigenvalue weighted by Gasteiger charge is 2.38. The monoisotopic (exact) mass is 287 g/mol. The summed E-state index contributed by atoms with van der Waals surface area (Å²) in [6.45, 7) is 1.62. The summed E-state index contributed by atoms with van der Waals surface area (Å²) in [5, 5.41) is 5.08. The third kappa shape index (κ3) is 3.93. The molecule has 1 aromatic heterocycles. The molecule has 2 rings (SSSR count). The smallest absolute Gasteiger partial charge is 0.343 e. The zero-order valence-electron chi connectivity index (χ0n) is 10.8. The van der Waals surface area contributed by atoms with E-state index in [4.69, 9.17) is 0 Å². The Hall–Kier alpha value is -1.63. The Morgan fingerprint density at radius 1 is 1.35 bits per heavy atom. The van der Waals surface area contributed by atoms with Crippen LogP contribution in [0.1, 0.15) is 30.1 Å². The lowest BCUT2D eigenvalue weighted by atomic mass is 9.94. The van der Waals surface area contributed by atoms with E-state index in [1.807, 2.05) is 11.4 Å². The Labute approximate surface area is 114 Å². The Bertz CT molecular complexity index is 470. The molecule has 0 atom stereocenters. The summed E-state index contributed by atoms with van der Waals surface area (Å²) >= 11 is 0. The van der Waals surface area contributed by atoms with Crippen LogP contribution in [-0.4, -0.2) is 30.2 Å². The van der Waals surface area contributed by atoms with Gasteiger partial charge >= 0.3 is 12.1 Å². The van der Waals surface area contributed by atoms with Crippen molar-refractivity contribution in [1.29, 1.82) is 0 Å². The minimum atomic E-state index is -4.85. The first-order valence-corrected chi connectivity index (χ1v) is 6.48. The third-order valence-electron chi connectivity index (χ3n) is 3.27. The quantitative estimate of drug-likeness (QED) is 0.890. The summed E-state index contributed by atoms with van der Waals surface area (Å²) < 4.78 is 36.2. The molecule has 110 valence electrons. The summed E-state index contributed by atoms with van der Waals surface area (Å²) in [5.74, 6) is -1.61. The van der Waals surface area contributed by atoms with E-state index in [2.05, 4.69) is 10.3 Å².